The molecule has 1 aliphatic carbocycles. The van der Waals surface area contributed by atoms with Gasteiger partial charge in [0.1, 0.15) is 34.8 Å². The van der Waals surface area contributed by atoms with Crippen LogP contribution in [0.25, 0.3) is 28.2 Å². The smallest absolute Gasteiger partial charge is 0.319 e. The first-order valence-corrected chi connectivity index (χ1v) is 15.0. The lowest BCUT2D eigenvalue weighted by atomic mass is 9.97. The van der Waals surface area contributed by atoms with E-state index in [1.807, 2.05) is 0 Å². The van der Waals surface area contributed by atoms with E-state index in [0.717, 1.165) is 39.0 Å². The summed E-state index contributed by atoms with van der Waals surface area (Å²) >= 11 is 0. The number of allylic oxidation sites excluding steroid dienone is 2. The van der Waals surface area contributed by atoms with E-state index in [1.165, 1.54) is 25.0 Å². The Hall–Kier alpha value is -4.20. The van der Waals surface area contributed by atoms with E-state index >= 15 is 4.39 Å². The summed E-state index contributed by atoms with van der Waals surface area (Å²) in [4.78, 5) is 18.8. The number of rotatable bonds is 8. The Bertz CT molecular complexity index is 1660. The topological polar surface area (TPSA) is 95.9 Å². The van der Waals surface area contributed by atoms with Gasteiger partial charge in [0, 0.05) is 42.7 Å². The van der Waals surface area contributed by atoms with Crippen molar-refractivity contribution in [2.75, 3.05) is 57.4 Å². The molecule has 0 spiro atoms. The molecule has 43 heavy (non-hydrogen) atoms. The quantitative estimate of drug-likeness (QED) is 0.300. The molecule has 7 rings (SSSR count). The number of phenols is 1. The van der Waals surface area contributed by atoms with Gasteiger partial charge in [-0.25, -0.2) is 9.37 Å². The molecule has 10 heteroatoms. The highest BCUT2D eigenvalue weighted by Crippen LogP contribution is 2.47. The van der Waals surface area contributed by atoms with Crippen molar-refractivity contribution in [3.05, 3.63) is 47.8 Å². The molecule has 3 fully saturated rings. The Morgan fingerprint density at radius 2 is 2.07 bits per heavy atom. The van der Waals surface area contributed by atoms with Crippen molar-refractivity contribution in [1.29, 1.82) is 0 Å². The van der Waals surface area contributed by atoms with Crippen molar-refractivity contribution in [2.45, 2.75) is 31.7 Å². The summed E-state index contributed by atoms with van der Waals surface area (Å²) < 4.78 is 29.2. The van der Waals surface area contributed by atoms with Gasteiger partial charge < -0.3 is 29.7 Å². The lowest BCUT2D eigenvalue weighted by Gasteiger charge is -2.35. The number of hydrogen-bond acceptors (Lipinski definition) is 9. The maximum atomic E-state index is 16.7. The number of nitrogens with one attached hydrogen (secondary N) is 1. The van der Waals surface area contributed by atoms with E-state index in [2.05, 4.69) is 37.6 Å². The summed E-state index contributed by atoms with van der Waals surface area (Å²) in [6.45, 7) is 9.91. The van der Waals surface area contributed by atoms with Crippen LogP contribution in [-0.4, -0.2) is 83.5 Å². The van der Waals surface area contributed by atoms with Crippen molar-refractivity contribution in [3.8, 4) is 41.2 Å². The van der Waals surface area contributed by atoms with E-state index in [1.54, 1.807) is 18.2 Å². The second kappa shape index (κ2) is 11.1. The molecule has 2 saturated heterocycles. The Morgan fingerprint density at radius 3 is 2.84 bits per heavy atom. The standard InChI is InChI=1S/C33H35FN6O3/c1-3-5-8-21-15-23(41)16-25(24(21)4-2)28-27(34)29-26-30(40-14-11-35-17-22(40)18-42-31(26)36-28)38-32(37-29)43-20-33(9-10-33)19-39-12-6-7-13-39/h2-3,5,8,15-16,22,35,41H,1,6-7,9-14,17-20H2/b8-5-. The molecule has 1 unspecified atom stereocenters. The number of ether oxygens (including phenoxy) is 2. The van der Waals surface area contributed by atoms with Crippen LogP contribution in [0.4, 0.5) is 10.2 Å². The number of pyridine rings is 1. The van der Waals surface area contributed by atoms with E-state index in [9.17, 15) is 5.11 Å². The van der Waals surface area contributed by atoms with Gasteiger partial charge in [0.25, 0.3) is 0 Å². The number of hydrogen-bond donors (Lipinski definition) is 2. The normalized spacial score (nSPS) is 20.8. The minimum atomic E-state index is -0.677. The number of nitrogens with zero attached hydrogens (tertiary/aromatic N) is 5. The number of benzene rings is 1. The first-order valence-electron chi connectivity index (χ1n) is 15.0. The number of fused-ring (bicyclic) bond motifs is 2. The number of halogens is 1. The van der Waals surface area contributed by atoms with Gasteiger partial charge in [-0.05, 0) is 56.5 Å². The molecule has 3 aliphatic heterocycles. The highest BCUT2D eigenvalue weighted by atomic mass is 19.1. The van der Waals surface area contributed by atoms with Gasteiger partial charge in [-0.2, -0.15) is 9.97 Å². The van der Waals surface area contributed by atoms with Crippen LogP contribution < -0.4 is 19.7 Å². The van der Waals surface area contributed by atoms with Gasteiger partial charge in [-0.3, -0.25) is 0 Å². The molecule has 2 aromatic heterocycles. The van der Waals surface area contributed by atoms with Crippen molar-refractivity contribution in [2.24, 2.45) is 5.41 Å². The lowest BCUT2D eigenvalue weighted by Crippen LogP contribution is -2.53. The van der Waals surface area contributed by atoms with Gasteiger partial charge in [0.05, 0.1) is 12.6 Å². The Balaban J connectivity index is 1.35. The van der Waals surface area contributed by atoms with Gasteiger partial charge in [0.2, 0.25) is 5.88 Å². The summed E-state index contributed by atoms with van der Waals surface area (Å²) in [5.74, 6) is 2.69. The monoisotopic (exact) mass is 582 g/mol. The zero-order chi connectivity index (χ0) is 29.6. The fraction of sp³-hybridized carbons (Fsp3) is 0.424. The van der Waals surface area contributed by atoms with Crippen LogP contribution in [0.1, 0.15) is 36.8 Å². The molecule has 0 radical (unpaired) electrons. The first kappa shape index (κ1) is 27.6. The maximum absolute atomic E-state index is 16.7. The average Bonchev–Trinajstić information content (AvgIpc) is 3.64. The largest absolute Gasteiger partial charge is 0.508 e. The molecule has 2 N–H and O–H groups in total. The molecule has 5 heterocycles. The van der Waals surface area contributed by atoms with Crippen LogP contribution in [0.5, 0.6) is 17.6 Å². The molecular weight excluding hydrogens is 547 g/mol. The molecule has 3 aromatic rings. The molecule has 4 aliphatic rings. The predicted molar refractivity (Wildman–Crippen MR) is 164 cm³/mol. The molecule has 222 valence electrons. The molecule has 0 amide bonds. The van der Waals surface area contributed by atoms with Gasteiger partial charge in [0.15, 0.2) is 5.82 Å². The second-order valence-electron chi connectivity index (χ2n) is 12.0. The highest BCUT2D eigenvalue weighted by Gasteiger charge is 2.45. The highest BCUT2D eigenvalue weighted by molar-refractivity contribution is 5.97. The third kappa shape index (κ3) is 5.17. The first-order chi connectivity index (χ1) is 21.0. The Kier molecular flexibility index (Phi) is 7.15. The summed E-state index contributed by atoms with van der Waals surface area (Å²) in [5, 5.41) is 14.4. The fourth-order valence-electron chi connectivity index (χ4n) is 6.48. The predicted octanol–water partition coefficient (Wildman–Crippen LogP) is 4.14. The van der Waals surface area contributed by atoms with Gasteiger partial charge in [-0.1, -0.05) is 30.7 Å². The second-order valence-corrected chi connectivity index (χ2v) is 12.0. The third-order valence-electron chi connectivity index (χ3n) is 8.93. The molecule has 1 saturated carbocycles. The summed E-state index contributed by atoms with van der Waals surface area (Å²) in [7, 11) is 0. The van der Waals surface area contributed by atoms with Crippen LogP contribution in [0.2, 0.25) is 0 Å². The number of piperazine rings is 1. The van der Waals surface area contributed by atoms with Crippen molar-refractivity contribution >= 4 is 22.8 Å². The van der Waals surface area contributed by atoms with E-state index in [-0.39, 0.29) is 45.9 Å². The summed E-state index contributed by atoms with van der Waals surface area (Å²) in [6.07, 6.45) is 15.6. The summed E-state index contributed by atoms with van der Waals surface area (Å²) in [5.41, 5.74) is 1.27. The fourth-order valence-corrected chi connectivity index (χ4v) is 6.48. The van der Waals surface area contributed by atoms with Gasteiger partial charge >= 0.3 is 6.01 Å². The van der Waals surface area contributed by atoms with Crippen LogP contribution in [-0.2, 0) is 0 Å². The molecule has 9 nitrogen and oxygen atoms in total. The number of likely N-dealkylation sites (tertiary alicyclic amines) is 1. The summed E-state index contributed by atoms with van der Waals surface area (Å²) in [6, 6.07) is 3.06. The molecular formula is C33H35FN6O3. The Morgan fingerprint density at radius 1 is 1.23 bits per heavy atom. The zero-order valence-electron chi connectivity index (χ0n) is 24.1. The number of aromatic nitrogens is 3. The van der Waals surface area contributed by atoms with Crippen LogP contribution >= 0.6 is 0 Å². The Labute approximate surface area is 250 Å². The van der Waals surface area contributed by atoms with Crippen molar-refractivity contribution in [1.82, 2.24) is 25.2 Å². The van der Waals surface area contributed by atoms with E-state index in [0.29, 0.717) is 48.6 Å². The number of terminal acetylenes is 1. The SMILES string of the molecule is C#Cc1c(/C=C\C=C)cc(O)cc1-c1nc2c3c(nc(OCC4(CN5CCCC5)CC4)nc3c1F)N1CCNCC1CO2. The van der Waals surface area contributed by atoms with Crippen molar-refractivity contribution in [3.63, 3.8) is 0 Å². The minimum absolute atomic E-state index is 0.0250. The minimum Gasteiger partial charge on any atom is -0.508 e. The van der Waals surface area contributed by atoms with Crippen LogP contribution in [0, 0.1) is 23.6 Å². The lowest BCUT2D eigenvalue weighted by molar-refractivity contribution is 0.170. The zero-order valence-corrected chi connectivity index (χ0v) is 24.1. The maximum Gasteiger partial charge on any atom is 0.319 e. The van der Waals surface area contributed by atoms with Crippen LogP contribution in [0.15, 0.2) is 30.9 Å². The number of aromatic hydroxyl groups is 1. The third-order valence-corrected chi connectivity index (χ3v) is 8.93. The number of phenolic OH excluding ortho intramolecular Hbond substituents is 1. The molecule has 0 bridgehead atoms. The van der Waals surface area contributed by atoms with Crippen molar-refractivity contribution < 1.29 is 19.0 Å². The molecule has 1 aromatic carbocycles. The number of anilines is 1. The van der Waals surface area contributed by atoms with E-state index in [4.69, 9.17) is 20.9 Å². The average molecular weight is 583 g/mol. The molecule has 1 atom stereocenters. The van der Waals surface area contributed by atoms with Gasteiger partial charge in [-0.15, -0.1) is 6.42 Å². The van der Waals surface area contributed by atoms with Crippen LogP contribution in [0.3, 0.4) is 0 Å². The van der Waals surface area contributed by atoms with E-state index < -0.39 is 5.82 Å².